The molecule has 0 aliphatic carbocycles. The number of fused-ring (bicyclic) bond motifs is 1. The molecule has 2 atom stereocenters. The van der Waals surface area contributed by atoms with Gasteiger partial charge < -0.3 is 14.4 Å². The van der Waals surface area contributed by atoms with Gasteiger partial charge in [0.25, 0.3) is 0 Å². The number of aromatic nitrogens is 3. The van der Waals surface area contributed by atoms with Crippen LogP contribution in [0.5, 0.6) is 0 Å². The first-order valence-electron chi connectivity index (χ1n) is 6.99. The van der Waals surface area contributed by atoms with Crippen molar-refractivity contribution < 1.29 is 14.6 Å². The molecule has 0 amide bonds. The van der Waals surface area contributed by atoms with Crippen molar-refractivity contribution in [1.29, 1.82) is 0 Å². The van der Waals surface area contributed by atoms with Crippen LogP contribution in [0.15, 0.2) is 0 Å². The molecule has 1 aromatic rings. The number of ether oxygens (including phenoxy) is 1. The van der Waals surface area contributed by atoms with Gasteiger partial charge in [-0.25, -0.2) is 0 Å². The zero-order valence-electron chi connectivity index (χ0n) is 10.9. The summed E-state index contributed by atoms with van der Waals surface area (Å²) in [5.41, 5.74) is 0. The second-order valence-corrected chi connectivity index (χ2v) is 5.41. The summed E-state index contributed by atoms with van der Waals surface area (Å²) in [6, 6.07) is 0. The highest BCUT2D eigenvalue weighted by atomic mass is 16.5. The molecule has 1 N–H and O–H groups in total. The van der Waals surface area contributed by atoms with Gasteiger partial charge in [0.2, 0.25) is 0 Å². The van der Waals surface area contributed by atoms with Gasteiger partial charge in [0, 0.05) is 26.0 Å². The Balaban J connectivity index is 1.73. The Morgan fingerprint density at radius 3 is 3.00 bits per heavy atom. The zero-order valence-corrected chi connectivity index (χ0v) is 10.9. The minimum atomic E-state index is -0.723. The van der Waals surface area contributed by atoms with Crippen LogP contribution in [0.2, 0.25) is 0 Å². The Morgan fingerprint density at radius 1 is 1.37 bits per heavy atom. The normalized spacial score (nSPS) is 26.9. The fraction of sp³-hybridized carbons (Fsp3) is 0.769. The number of aliphatic carboxylic acids is 1. The molecule has 3 heterocycles. The monoisotopic (exact) mass is 265 g/mol. The van der Waals surface area contributed by atoms with Gasteiger partial charge in [-0.05, 0) is 25.7 Å². The molecule has 2 aliphatic rings. The summed E-state index contributed by atoms with van der Waals surface area (Å²) in [4.78, 5) is 11.1. The van der Waals surface area contributed by atoms with Crippen molar-refractivity contribution >= 4 is 5.97 Å². The third kappa shape index (κ3) is 2.63. The largest absolute Gasteiger partial charge is 0.481 e. The third-order valence-corrected chi connectivity index (χ3v) is 4.06. The molecule has 1 saturated heterocycles. The number of hydrogen-bond acceptors (Lipinski definition) is 4. The molecule has 6 nitrogen and oxygen atoms in total. The van der Waals surface area contributed by atoms with Gasteiger partial charge in [-0.3, -0.25) is 4.79 Å². The van der Waals surface area contributed by atoms with Crippen molar-refractivity contribution in [3.05, 3.63) is 11.6 Å². The highest BCUT2D eigenvalue weighted by Gasteiger charge is 2.28. The molecule has 2 aliphatic heterocycles. The quantitative estimate of drug-likeness (QED) is 0.883. The molecule has 19 heavy (non-hydrogen) atoms. The zero-order chi connectivity index (χ0) is 13.2. The predicted molar refractivity (Wildman–Crippen MR) is 66.8 cm³/mol. The van der Waals surface area contributed by atoms with Crippen molar-refractivity contribution in [1.82, 2.24) is 14.8 Å². The molecule has 0 spiro atoms. The first kappa shape index (κ1) is 12.6. The maximum atomic E-state index is 11.1. The van der Waals surface area contributed by atoms with Crippen molar-refractivity contribution in [2.24, 2.45) is 5.92 Å². The van der Waals surface area contributed by atoms with E-state index in [-0.39, 0.29) is 12.0 Å². The number of nitrogens with zero attached hydrogens (tertiary/aromatic N) is 3. The van der Waals surface area contributed by atoms with Crippen LogP contribution in [0.3, 0.4) is 0 Å². The Labute approximate surface area is 111 Å². The average molecular weight is 265 g/mol. The van der Waals surface area contributed by atoms with Crippen molar-refractivity contribution in [3.8, 4) is 0 Å². The maximum Gasteiger partial charge on any atom is 0.308 e. The molecular formula is C13H19N3O3. The summed E-state index contributed by atoms with van der Waals surface area (Å²) in [7, 11) is 0. The van der Waals surface area contributed by atoms with Crippen molar-refractivity contribution in [2.75, 3.05) is 6.61 Å². The van der Waals surface area contributed by atoms with Gasteiger partial charge >= 0.3 is 5.97 Å². The minimum absolute atomic E-state index is 0.215. The van der Waals surface area contributed by atoms with E-state index in [1.165, 1.54) is 6.42 Å². The van der Waals surface area contributed by atoms with Gasteiger partial charge in [-0.2, -0.15) is 0 Å². The number of aryl methyl sites for hydroxylation is 1. The van der Waals surface area contributed by atoms with E-state index in [1.807, 2.05) is 4.57 Å². The standard InChI is InChI=1S/C13H19N3O3/c17-13(18)9-4-5-11-14-15-12(16(11)8-9)7-10-3-1-2-6-19-10/h9-10H,1-8H2,(H,17,18). The van der Waals surface area contributed by atoms with Gasteiger partial charge in [0.1, 0.15) is 11.6 Å². The summed E-state index contributed by atoms with van der Waals surface area (Å²) in [5.74, 6) is 0.768. The maximum absolute atomic E-state index is 11.1. The molecule has 6 heteroatoms. The lowest BCUT2D eigenvalue weighted by Gasteiger charge is -2.24. The predicted octanol–water partition coefficient (Wildman–Crippen LogP) is 1.04. The first-order chi connectivity index (χ1) is 9.24. The van der Waals surface area contributed by atoms with Crippen LogP contribution in [-0.4, -0.2) is 38.6 Å². The second kappa shape index (κ2) is 5.28. The SMILES string of the molecule is O=C(O)C1CCc2nnc(CC3CCCCO3)n2C1. The lowest BCUT2D eigenvalue weighted by Crippen LogP contribution is -2.29. The number of carboxylic acids is 1. The summed E-state index contributed by atoms with van der Waals surface area (Å²) < 4.78 is 7.71. The molecule has 1 aromatic heterocycles. The van der Waals surface area contributed by atoms with E-state index >= 15 is 0 Å². The van der Waals surface area contributed by atoms with E-state index in [0.717, 1.165) is 37.5 Å². The Bertz CT molecular complexity index is 466. The fourth-order valence-corrected chi connectivity index (χ4v) is 2.91. The average Bonchev–Trinajstić information content (AvgIpc) is 2.82. The van der Waals surface area contributed by atoms with E-state index < -0.39 is 5.97 Å². The van der Waals surface area contributed by atoms with Crippen LogP contribution in [0.1, 0.15) is 37.3 Å². The molecule has 0 bridgehead atoms. The smallest absolute Gasteiger partial charge is 0.308 e. The van der Waals surface area contributed by atoms with Gasteiger partial charge in [0.15, 0.2) is 0 Å². The minimum Gasteiger partial charge on any atom is -0.481 e. The van der Waals surface area contributed by atoms with E-state index in [2.05, 4.69) is 10.2 Å². The van der Waals surface area contributed by atoms with Gasteiger partial charge in [-0.15, -0.1) is 10.2 Å². The lowest BCUT2D eigenvalue weighted by atomic mass is 9.99. The number of carbonyl (C=O) groups is 1. The van der Waals surface area contributed by atoms with Crippen LogP contribution in [0, 0.1) is 5.92 Å². The third-order valence-electron chi connectivity index (χ3n) is 4.06. The summed E-state index contributed by atoms with van der Waals surface area (Å²) in [6.07, 6.45) is 5.72. The summed E-state index contributed by atoms with van der Waals surface area (Å²) >= 11 is 0. The van der Waals surface area contributed by atoms with Gasteiger partial charge in [-0.1, -0.05) is 0 Å². The number of rotatable bonds is 3. The van der Waals surface area contributed by atoms with Crippen LogP contribution in [-0.2, 0) is 28.9 Å². The fourth-order valence-electron chi connectivity index (χ4n) is 2.91. The summed E-state index contributed by atoms with van der Waals surface area (Å²) in [6.45, 7) is 1.32. The van der Waals surface area contributed by atoms with Gasteiger partial charge in [0.05, 0.1) is 12.0 Å². The molecule has 3 rings (SSSR count). The molecule has 2 unspecified atom stereocenters. The van der Waals surface area contributed by atoms with Crippen molar-refractivity contribution in [3.63, 3.8) is 0 Å². The highest BCUT2D eigenvalue weighted by Crippen LogP contribution is 2.23. The number of carboxylic acid groups (broad SMARTS) is 1. The molecule has 0 saturated carbocycles. The first-order valence-corrected chi connectivity index (χ1v) is 6.99. The van der Waals surface area contributed by atoms with Crippen LogP contribution in [0.25, 0.3) is 0 Å². The van der Waals surface area contributed by atoms with Crippen LogP contribution < -0.4 is 0 Å². The second-order valence-electron chi connectivity index (χ2n) is 5.41. The molecule has 104 valence electrons. The molecule has 0 aromatic carbocycles. The molecular weight excluding hydrogens is 246 g/mol. The number of hydrogen-bond donors (Lipinski definition) is 1. The van der Waals surface area contributed by atoms with E-state index in [9.17, 15) is 4.79 Å². The Hall–Kier alpha value is -1.43. The molecule has 1 fully saturated rings. The highest BCUT2D eigenvalue weighted by molar-refractivity contribution is 5.70. The topological polar surface area (TPSA) is 77.2 Å². The van der Waals surface area contributed by atoms with Crippen LogP contribution in [0.4, 0.5) is 0 Å². The Kier molecular flexibility index (Phi) is 3.50. The van der Waals surface area contributed by atoms with E-state index in [0.29, 0.717) is 19.4 Å². The van der Waals surface area contributed by atoms with Crippen molar-refractivity contribution in [2.45, 2.75) is 51.2 Å². The Morgan fingerprint density at radius 2 is 2.26 bits per heavy atom. The van der Waals surface area contributed by atoms with E-state index in [1.54, 1.807) is 0 Å². The lowest BCUT2D eigenvalue weighted by molar-refractivity contribution is -0.142. The molecule has 0 radical (unpaired) electrons. The van der Waals surface area contributed by atoms with Crippen LogP contribution >= 0.6 is 0 Å². The summed E-state index contributed by atoms with van der Waals surface area (Å²) in [5, 5.41) is 17.5. The van der Waals surface area contributed by atoms with E-state index in [4.69, 9.17) is 9.84 Å².